The van der Waals surface area contributed by atoms with Gasteiger partial charge in [-0.05, 0) is 44.4 Å². The number of benzene rings is 1. The summed E-state index contributed by atoms with van der Waals surface area (Å²) in [6, 6.07) is 8.30. The first kappa shape index (κ1) is 15.8. The van der Waals surface area contributed by atoms with Gasteiger partial charge in [-0.1, -0.05) is 22.0 Å². The molecule has 1 N–H and O–H groups in total. The van der Waals surface area contributed by atoms with E-state index in [1.807, 2.05) is 33.8 Å². The molecule has 0 saturated carbocycles. The lowest BCUT2D eigenvalue weighted by atomic mass is 10.1. The van der Waals surface area contributed by atoms with Crippen LogP contribution in [0, 0.1) is 0 Å². The molecule has 1 aliphatic carbocycles. The number of carbonyl (C=O) groups is 1. The SMILES string of the molecule is C[C@H]1CNCCN1C(=O)c1nn(-c2cccc(Br)c2)c2c1CCC2. The minimum atomic E-state index is 0.0795. The fourth-order valence-corrected chi connectivity index (χ4v) is 4.10. The topological polar surface area (TPSA) is 50.2 Å². The number of rotatable bonds is 2. The highest BCUT2D eigenvalue weighted by Gasteiger charge is 2.32. The summed E-state index contributed by atoms with van der Waals surface area (Å²) in [6.45, 7) is 4.54. The lowest BCUT2D eigenvalue weighted by molar-refractivity contribution is 0.0648. The number of hydrogen-bond donors (Lipinski definition) is 1. The van der Waals surface area contributed by atoms with Crippen molar-refractivity contribution in [3.8, 4) is 5.69 Å². The van der Waals surface area contributed by atoms with Gasteiger partial charge in [0.05, 0.1) is 5.69 Å². The number of nitrogens with one attached hydrogen (secondary N) is 1. The fourth-order valence-electron chi connectivity index (χ4n) is 3.71. The molecule has 1 amide bonds. The molecule has 2 aromatic rings. The van der Waals surface area contributed by atoms with E-state index in [1.165, 1.54) is 5.69 Å². The first-order valence-corrected chi connectivity index (χ1v) is 9.33. The normalized spacial score (nSPS) is 20.2. The maximum atomic E-state index is 13.1. The second-order valence-corrected chi connectivity index (χ2v) is 7.49. The average Bonchev–Trinajstić information content (AvgIpc) is 3.17. The van der Waals surface area contributed by atoms with E-state index in [1.54, 1.807) is 0 Å². The summed E-state index contributed by atoms with van der Waals surface area (Å²) in [6.07, 6.45) is 3.03. The summed E-state index contributed by atoms with van der Waals surface area (Å²) in [7, 11) is 0. The maximum Gasteiger partial charge on any atom is 0.274 e. The lowest BCUT2D eigenvalue weighted by Gasteiger charge is -2.33. The number of hydrogen-bond acceptors (Lipinski definition) is 3. The molecule has 1 aliphatic heterocycles. The molecule has 0 unspecified atom stereocenters. The zero-order chi connectivity index (χ0) is 16.7. The van der Waals surface area contributed by atoms with Crippen molar-refractivity contribution in [3.05, 3.63) is 45.7 Å². The summed E-state index contributed by atoms with van der Waals surface area (Å²) in [5, 5.41) is 8.07. The smallest absolute Gasteiger partial charge is 0.274 e. The van der Waals surface area contributed by atoms with E-state index in [0.29, 0.717) is 5.69 Å². The van der Waals surface area contributed by atoms with E-state index < -0.39 is 0 Å². The Labute approximate surface area is 150 Å². The summed E-state index contributed by atoms with van der Waals surface area (Å²) < 4.78 is 2.98. The highest BCUT2D eigenvalue weighted by molar-refractivity contribution is 9.10. The van der Waals surface area contributed by atoms with E-state index in [9.17, 15) is 4.79 Å². The van der Waals surface area contributed by atoms with Crippen molar-refractivity contribution in [2.24, 2.45) is 0 Å². The van der Waals surface area contributed by atoms with Crippen LogP contribution in [0.1, 0.15) is 35.1 Å². The Morgan fingerprint density at radius 3 is 3.04 bits per heavy atom. The largest absolute Gasteiger partial charge is 0.332 e. The molecule has 1 saturated heterocycles. The van der Waals surface area contributed by atoms with Crippen molar-refractivity contribution in [1.29, 1.82) is 0 Å². The van der Waals surface area contributed by atoms with Gasteiger partial charge >= 0.3 is 0 Å². The number of nitrogens with zero attached hydrogens (tertiary/aromatic N) is 3. The van der Waals surface area contributed by atoms with Crippen LogP contribution >= 0.6 is 15.9 Å². The molecule has 1 fully saturated rings. The third kappa shape index (κ3) is 2.67. The van der Waals surface area contributed by atoms with Crippen LogP contribution in [0.5, 0.6) is 0 Å². The van der Waals surface area contributed by atoms with E-state index in [0.717, 1.165) is 54.6 Å². The Balaban J connectivity index is 1.75. The van der Waals surface area contributed by atoms with Gasteiger partial charge < -0.3 is 10.2 Å². The first-order chi connectivity index (χ1) is 11.6. The van der Waals surface area contributed by atoms with Crippen molar-refractivity contribution in [2.75, 3.05) is 19.6 Å². The standard InChI is InChI=1S/C18H21BrN4O/c1-12-11-20-8-9-22(12)18(24)17-15-6-3-7-16(15)23(21-17)14-5-2-4-13(19)10-14/h2,4-5,10,12,20H,3,6-9,11H2,1H3/t12-/m0/s1. The second-order valence-electron chi connectivity index (χ2n) is 6.57. The van der Waals surface area contributed by atoms with Gasteiger partial charge in [-0.15, -0.1) is 0 Å². The zero-order valence-electron chi connectivity index (χ0n) is 13.8. The fraction of sp³-hybridized carbons (Fsp3) is 0.444. The molecule has 1 atom stereocenters. The molecule has 5 nitrogen and oxygen atoms in total. The van der Waals surface area contributed by atoms with Gasteiger partial charge in [0.25, 0.3) is 5.91 Å². The molecule has 1 aromatic carbocycles. The van der Waals surface area contributed by atoms with Crippen LogP contribution in [0.15, 0.2) is 28.7 Å². The highest BCUT2D eigenvalue weighted by Crippen LogP contribution is 2.29. The molecule has 24 heavy (non-hydrogen) atoms. The summed E-state index contributed by atoms with van der Waals surface area (Å²) in [5.74, 6) is 0.0795. The van der Waals surface area contributed by atoms with Crippen molar-refractivity contribution in [3.63, 3.8) is 0 Å². The van der Waals surface area contributed by atoms with E-state index >= 15 is 0 Å². The number of halogens is 1. The molecule has 1 aromatic heterocycles. The second kappa shape index (κ2) is 6.33. The quantitative estimate of drug-likeness (QED) is 0.859. The molecule has 0 spiro atoms. The highest BCUT2D eigenvalue weighted by atomic mass is 79.9. The minimum absolute atomic E-state index is 0.0795. The van der Waals surface area contributed by atoms with Gasteiger partial charge in [-0.3, -0.25) is 4.79 Å². The van der Waals surface area contributed by atoms with Crippen LogP contribution in [0.4, 0.5) is 0 Å². The van der Waals surface area contributed by atoms with Gasteiger partial charge in [-0.2, -0.15) is 5.10 Å². The van der Waals surface area contributed by atoms with E-state index in [4.69, 9.17) is 5.10 Å². The predicted octanol–water partition coefficient (Wildman–Crippen LogP) is 2.56. The van der Waals surface area contributed by atoms with Crippen molar-refractivity contribution >= 4 is 21.8 Å². The summed E-state index contributed by atoms with van der Waals surface area (Å²) >= 11 is 3.52. The van der Waals surface area contributed by atoms with Crippen LogP contribution in [0.25, 0.3) is 5.69 Å². The third-order valence-corrected chi connectivity index (χ3v) is 5.44. The molecular formula is C18H21BrN4O. The van der Waals surface area contributed by atoms with Gasteiger partial charge in [0.2, 0.25) is 0 Å². The summed E-state index contributed by atoms with van der Waals surface area (Å²) in [4.78, 5) is 15.1. The number of piperazine rings is 1. The number of aromatic nitrogens is 2. The number of fused-ring (bicyclic) bond motifs is 1. The minimum Gasteiger partial charge on any atom is -0.332 e. The first-order valence-electron chi connectivity index (χ1n) is 8.53. The van der Waals surface area contributed by atoms with Gasteiger partial charge in [0.15, 0.2) is 5.69 Å². The van der Waals surface area contributed by atoms with Gasteiger partial charge in [0, 0.05) is 41.4 Å². The number of amides is 1. The van der Waals surface area contributed by atoms with Crippen LogP contribution in [-0.2, 0) is 12.8 Å². The molecular weight excluding hydrogens is 368 g/mol. The Morgan fingerprint density at radius 1 is 1.38 bits per heavy atom. The van der Waals surface area contributed by atoms with Crippen LogP contribution < -0.4 is 5.32 Å². The van der Waals surface area contributed by atoms with Crippen molar-refractivity contribution in [1.82, 2.24) is 20.0 Å². The molecule has 4 rings (SSSR count). The van der Waals surface area contributed by atoms with Crippen LogP contribution in [0.3, 0.4) is 0 Å². The Bertz CT molecular complexity index is 785. The Morgan fingerprint density at radius 2 is 2.25 bits per heavy atom. The van der Waals surface area contributed by atoms with Crippen LogP contribution in [0.2, 0.25) is 0 Å². The average molecular weight is 389 g/mol. The third-order valence-electron chi connectivity index (χ3n) is 4.95. The van der Waals surface area contributed by atoms with Crippen LogP contribution in [-0.4, -0.2) is 46.3 Å². The zero-order valence-corrected chi connectivity index (χ0v) is 15.3. The van der Waals surface area contributed by atoms with E-state index in [2.05, 4.69) is 28.2 Å². The predicted molar refractivity (Wildman–Crippen MR) is 96.7 cm³/mol. The molecule has 2 heterocycles. The Hall–Kier alpha value is -1.66. The lowest BCUT2D eigenvalue weighted by Crippen LogP contribution is -2.52. The Kier molecular flexibility index (Phi) is 4.18. The summed E-state index contributed by atoms with van der Waals surface area (Å²) in [5.41, 5.74) is 4.00. The van der Waals surface area contributed by atoms with Crippen molar-refractivity contribution in [2.45, 2.75) is 32.2 Å². The molecule has 2 aliphatic rings. The molecule has 0 bridgehead atoms. The number of carbonyl (C=O) groups excluding carboxylic acids is 1. The maximum absolute atomic E-state index is 13.1. The van der Waals surface area contributed by atoms with E-state index in [-0.39, 0.29) is 11.9 Å². The molecule has 6 heteroatoms. The van der Waals surface area contributed by atoms with Gasteiger partial charge in [-0.25, -0.2) is 4.68 Å². The molecule has 126 valence electrons. The monoisotopic (exact) mass is 388 g/mol. The van der Waals surface area contributed by atoms with Gasteiger partial charge in [0.1, 0.15) is 0 Å². The van der Waals surface area contributed by atoms with Crippen molar-refractivity contribution < 1.29 is 4.79 Å². The molecule has 0 radical (unpaired) electrons.